The summed E-state index contributed by atoms with van der Waals surface area (Å²) in [5.74, 6) is 0.850. The number of urea groups is 1. The summed E-state index contributed by atoms with van der Waals surface area (Å²) in [6, 6.07) is 7.24. The largest absolute Gasteiger partial charge is 0.361 e. The second-order valence-corrected chi connectivity index (χ2v) is 5.58. The zero-order valence-electron chi connectivity index (χ0n) is 12.8. The van der Waals surface area contributed by atoms with Crippen LogP contribution in [-0.4, -0.2) is 17.7 Å². The van der Waals surface area contributed by atoms with E-state index < -0.39 is 0 Å². The van der Waals surface area contributed by atoms with Gasteiger partial charge >= 0.3 is 6.03 Å². The molecular weight excluding hydrogens is 302 g/mol. The summed E-state index contributed by atoms with van der Waals surface area (Å²) in [5.41, 5.74) is 3.02. The van der Waals surface area contributed by atoms with E-state index in [1.165, 1.54) is 0 Å². The van der Waals surface area contributed by atoms with Crippen LogP contribution >= 0.6 is 11.6 Å². The molecule has 0 fully saturated rings. The number of aromatic nitrogens is 1. The van der Waals surface area contributed by atoms with Crippen LogP contribution in [0.15, 0.2) is 28.8 Å². The zero-order valence-corrected chi connectivity index (χ0v) is 13.5. The second-order valence-electron chi connectivity index (χ2n) is 5.15. The van der Waals surface area contributed by atoms with Gasteiger partial charge in [-0.1, -0.05) is 28.9 Å². The Balaban J connectivity index is 1.66. The molecule has 1 aromatic heterocycles. The van der Waals surface area contributed by atoms with Crippen molar-refractivity contribution in [2.24, 2.45) is 0 Å². The number of hydrogen-bond acceptors (Lipinski definition) is 3. The Morgan fingerprint density at radius 1 is 1.32 bits per heavy atom. The Hall–Kier alpha value is -2.01. The summed E-state index contributed by atoms with van der Waals surface area (Å²) < 4.78 is 5.11. The Morgan fingerprint density at radius 2 is 2.14 bits per heavy atom. The quantitative estimate of drug-likeness (QED) is 0.801. The number of nitrogens with zero attached hydrogens (tertiary/aromatic N) is 1. The molecule has 0 bridgehead atoms. The maximum absolute atomic E-state index is 11.7. The summed E-state index contributed by atoms with van der Waals surface area (Å²) in [7, 11) is 0. The lowest BCUT2D eigenvalue weighted by Crippen LogP contribution is -2.35. The van der Waals surface area contributed by atoms with E-state index in [0.717, 1.165) is 35.4 Å². The maximum atomic E-state index is 11.7. The van der Waals surface area contributed by atoms with Crippen molar-refractivity contribution in [1.82, 2.24) is 15.8 Å². The first-order valence-corrected chi connectivity index (χ1v) is 7.62. The van der Waals surface area contributed by atoms with Crippen LogP contribution in [0.25, 0.3) is 0 Å². The molecule has 0 spiro atoms. The highest BCUT2D eigenvalue weighted by atomic mass is 35.5. The van der Waals surface area contributed by atoms with Gasteiger partial charge in [-0.2, -0.15) is 0 Å². The van der Waals surface area contributed by atoms with Gasteiger partial charge in [0.25, 0.3) is 0 Å². The van der Waals surface area contributed by atoms with Crippen LogP contribution in [0.1, 0.15) is 29.0 Å². The lowest BCUT2D eigenvalue weighted by molar-refractivity contribution is 0.240. The van der Waals surface area contributed by atoms with Gasteiger partial charge in [0, 0.05) is 23.7 Å². The summed E-state index contributed by atoms with van der Waals surface area (Å²) in [6.07, 6.45) is 1.68. The number of benzene rings is 1. The Kier molecular flexibility index (Phi) is 5.83. The van der Waals surface area contributed by atoms with Crippen molar-refractivity contribution in [3.05, 3.63) is 51.9 Å². The molecule has 2 amide bonds. The molecule has 6 heteroatoms. The molecule has 0 aliphatic heterocycles. The van der Waals surface area contributed by atoms with Gasteiger partial charge in [-0.25, -0.2) is 4.79 Å². The summed E-state index contributed by atoms with van der Waals surface area (Å²) in [4.78, 5) is 11.7. The van der Waals surface area contributed by atoms with Crippen LogP contribution < -0.4 is 10.6 Å². The second kappa shape index (κ2) is 7.84. The van der Waals surface area contributed by atoms with Crippen LogP contribution in [0.3, 0.4) is 0 Å². The van der Waals surface area contributed by atoms with E-state index in [-0.39, 0.29) is 6.03 Å². The number of nitrogens with one attached hydrogen (secondary N) is 2. The van der Waals surface area contributed by atoms with Crippen molar-refractivity contribution < 1.29 is 9.32 Å². The fraction of sp³-hybridized carbons (Fsp3) is 0.375. The Labute approximate surface area is 135 Å². The highest BCUT2D eigenvalue weighted by molar-refractivity contribution is 6.30. The molecule has 0 aliphatic rings. The third-order valence-electron chi connectivity index (χ3n) is 3.41. The van der Waals surface area contributed by atoms with Crippen LogP contribution in [0, 0.1) is 13.8 Å². The smallest absolute Gasteiger partial charge is 0.315 e. The summed E-state index contributed by atoms with van der Waals surface area (Å²) >= 11 is 5.90. The van der Waals surface area contributed by atoms with Gasteiger partial charge in [0.1, 0.15) is 5.76 Å². The average Bonchev–Trinajstić information content (AvgIpc) is 2.81. The molecule has 0 unspecified atom stereocenters. The summed E-state index contributed by atoms with van der Waals surface area (Å²) in [5, 5.41) is 10.2. The van der Waals surface area contributed by atoms with E-state index in [2.05, 4.69) is 15.8 Å². The fourth-order valence-electron chi connectivity index (χ4n) is 2.22. The van der Waals surface area contributed by atoms with Crippen molar-refractivity contribution in [3.8, 4) is 0 Å². The van der Waals surface area contributed by atoms with Gasteiger partial charge < -0.3 is 15.2 Å². The van der Waals surface area contributed by atoms with E-state index in [1.54, 1.807) is 6.07 Å². The minimum absolute atomic E-state index is 0.182. The molecule has 1 aromatic carbocycles. The molecule has 5 nitrogen and oxygen atoms in total. The minimum Gasteiger partial charge on any atom is -0.361 e. The molecule has 2 N–H and O–H groups in total. The van der Waals surface area contributed by atoms with Crippen LogP contribution in [0.5, 0.6) is 0 Å². The van der Waals surface area contributed by atoms with E-state index in [9.17, 15) is 4.79 Å². The predicted octanol–water partition coefficient (Wildman–Crippen LogP) is 3.38. The van der Waals surface area contributed by atoms with Crippen molar-refractivity contribution in [1.29, 1.82) is 0 Å². The molecule has 1 heterocycles. The third kappa shape index (κ3) is 4.77. The minimum atomic E-state index is -0.182. The number of hydrogen-bond donors (Lipinski definition) is 2. The van der Waals surface area contributed by atoms with Gasteiger partial charge in [0.05, 0.1) is 5.69 Å². The predicted molar refractivity (Wildman–Crippen MR) is 86.0 cm³/mol. The van der Waals surface area contributed by atoms with Crippen LogP contribution in [0.4, 0.5) is 4.79 Å². The Bertz CT molecular complexity index is 621. The highest BCUT2D eigenvalue weighted by Gasteiger charge is 2.08. The van der Waals surface area contributed by atoms with E-state index in [4.69, 9.17) is 16.1 Å². The number of amides is 2. The van der Waals surface area contributed by atoms with E-state index in [0.29, 0.717) is 18.1 Å². The summed E-state index contributed by atoms with van der Waals surface area (Å²) in [6.45, 7) is 4.89. The first kappa shape index (κ1) is 16.4. The first-order chi connectivity index (χ1) is 10.6. The normalized spacial score (nSPS) is 10.5. The molecule has 2 rings (SSSR count). The van der Waals surface area contributed by atoms with Gasteiger partial charge in [-0.15, -0.1) is 0 Å². The molecule has 0 aliphatic carbocycles. The van der Waals surface area contributed by atoms with E-state index in [1.807, 2.05) is 32.0 Å². The van der Waals surface area contributed by atoms with Crippen molar-refractivity contribution in [2.45, 2.75) is 33.2 Å². The SMILES string of the molecule is Cc1noc(C)c1CCCNC(=O)NCc1cccc(Cl)c1. The maximum Gasteiger partial charge on any atom is 0.315 e. The number of aryl methyl sites for hydroxylation is 2. The molecule has 0 radical (unpaired) electrons. The number of carbonyl (C=O) groups is 1. The molecule has 0 saturated heterocycles. The first-order valence-electron chi connectivity index (χ1n) is 7.24. The average molecular weight is 322 g/mol. The zero-order chi connectivity index (χ0) is 15.9. The lowest BCUT2D eigenvalue weighted by atomic mass is 10.1. The van der Waals surface area contributed by atoms with Gasteiger partial charge in [-0.05, 0) is 44.4 Å². The fourth-order valence-corrected chi connectivity index (χ4v) is 2.43. The van der Waals surface area contributed by atoms with Crippen LogP contribution in [-0.2, 0) is 13.0 Å². The molecule has 0 atom stereocenters. The van der Waals surface area contributed by atoms with Crippen molar-refractivity contribution in [3.63, 3.8) is 0 Å². The lowest BCUT2D eigenvalue weighted by Gasteiger charge is -2.08. The highest BCUT2D eigenvalue weighted by Crippen LogP contribution is 2.13. The van der Waals surface area contributed by atoms with Gasteiger partial charge in [0.2, 0.25) is 0 Å². The standard InChI is InChI=1S/C16H20ClN3O2/c1-11-15(12(2)22-20-11)7-4-8-18-16(21)19-10-13-5-3-6-14(17)9-13/h3,5-6,9H,4,7-8,10H2,1-2H3,(H2,18,19,21). The van der Waals surface area contributed by atoms with Crippen molar-refractivity contribution in [2.75, 3.05) is 6.54 Å². The molecule has 118 valence electrons. The molecule has 2 aromatic rings. The van der Waals surface area contributed by atoms with Gasteiger partial charge in [-0.3, -0.25) is 0 Å². The topological polar surface area (TPSA) is 67.2 Å². The molecular formula is C16H20ClN3O2. The van der Waals surface area contributed by atoms with Crippen molar-refractivity contribution >= 4 is 17.6 Å². The van der Waals surface area contributed by atoms with E-state index >= 15 is 0 Å². The number of halogens is 1. The number of carbonyl (C=O) groups excluding carboxylic acids is 1. The molecule has 22 heavy (non-hydrogen) atoms. The van der Waals surface area contributed by atoms with Gasteiger partial charge in [0.15, 0.2) is 0 Å². The Morgan fingerprint density at radius 3 is 2.82 bits per heavy atom. The number of rotatable bonds is 6. The van der Waals surface area contributed by atoms with Crippen LogP contribution in [0.2, 0.25) is 5.02 Å². The monoisotopic (exact) mass is 321 g/mol. The third-order valence-corrected chi connectivity index (χ3v) is 3.65. The molecule has 0 saturated carbocycles.